The first-order valence-electron chi connectivity index (χ1n) is 34.0. The normalized spacial score (nSPS) is 13.1. The smallest absolute Gasteiger partial charge is 0.306 e. The summed E-state index contributed by atoms with van der Waals surface area (Å²) in [6, 6.07) is 0. The third-order valence-electron chi connectivity index (χ3n) is 14.0. The van der Waals surface area contributed by atoms with Gasteiger partial charge in [-0.1, -0.05) is 275 Å². The molecule has 0 rings (SSSR count). The highest BCUT2D eigenvalue weighted by Gasteiger charge is 2.19. The molecule has 0 N–H and O–H groups in total. The van der Waals surface area contributed by atoms with Crippen molar-refractivity contribution in [2.75, 3.05) is 13.2 Å². The molecule has 0 radical (unpaired) electrons. The van der Waals surface area contributed by atoms with Gasteiger partial charge in [0.25, 0.3) is 0 Å². The molecule has 468 valence electrons. The summed E-state index contributed by atoms with van der Waals surface area (Å²) in [5.41, 5.74) is 0. The van der Waals surface area contributed by atoms with Crippen molar-refractivity contribution in [3.63, 3.8) is 0 Å². The van der Waals surface area contributed by atoms with E-state index in [1.807, 2.05) is 0 Å². The maximum absolute atomic E-state index is 12.9. The van der Waals surface area contributed by atoms with E-state index in [1.54, 1.807) is 0 Å². The number of unbranched alkanes of at least 4 members (excludes halogenated alkanes) is 23. The van der Waals surface area contributed by atoms with E-state index < -0.39 is 6.10 Å². The molecule has 0 aromatic heterocycles. The Morgan fingerprint density at radius 3 is 0.783 bits per heavy atom. The summed E-state index contributed by atoms with van der Waals surface area (Å²) < 4.78 is 16.9. The van der Waals surface area contributed by atoms with Crippen molar-refractivity contribution < 1.29 is 28.6 Å². The van der Waals surface area contributed by atoms with Gasteiger partial charge in [-0.15, -0.1) is 0 Å². The minimum absolute atomic E-state index is 0.108. The van der Waals surface area contributed by atoms with E-state index in [1.165, 1.54) is 103 Å². The summed E-state index contributed by atoms with van der Waals surface area (Å²) >= 11 is 0. The highest BCUT2D eigenvalue weighted by atomic mass is 16.6. The predicted octanol–water partition coefficient (Wildman–Crippen LogP) is 23.7. The summed E-state index contributed by atoms with van der Waals surface area (Å²) in [6.07, 6.45) is 101. The molecule has 83 heavy (non-hydrogen) atoms. The van der Waals surface area contributed by atoms with Crippen LogP contribution in [0.5, 0.6) is 0 Å². The van der Waals surface area contributed by atoms with Gasteiger partial charge in [0.1, 0.15) is 13.2 Å². The molecule has 0 aliphatic heterocycles. The van der Waals surface area contributed by atoms with Crippen molar-refractivity contribution in [3.8, 4) is 0 Å². The van der Waals surface area contributed by atoms with Gasteiger partial charge in [0.15, 0.2) is 6.10 Å². The quantitative estimate of drug-likeness (QED) is 0.0261. The van der Waals surface area contributed by atoms with E-state index in [0.29, 0.717) is 25.7 Å². The summed E-state index contributed by atoms with van der Waals surface area (Å²) in [4.78, 5) is 38.4. The Kier molecular flexibility index (Phi) is 65.4. The Balaban J connectivity index is 4.52. The van der Waals surface area contributed by atoms with Crippen LogP contribution in [0.15, 0.2) is 158 Å². The Morgan fingerprint density at radius 1 is 0.253 bits per heavy atom. The van der Waals surface area contributed by atoms with Crippen molar-refractivity contribution in [1.82, 2.24) is 0 Å². The monoisotopic (exact) mass is 1140 g/mol. The molecule has 1 unspecified atom stereocenters. The fraction of sp³-hybridized carbons (Fsp3) is 0.623. The van der Waals surface area contributed by atoms with E-state index in [-0.39, 0.29) is 31.1 Å². The molecule has 0 spiro atoms. The lowest BCUT2D eigenvalue weighted by Crippen LogP contribution is -2.30. The molecule has 6 nitrogen and oxygen atoms in total. The van der Waals surface area contributed by atoms with Crippen molar-refractivity contribution in [1.29, 1.82) is 0 Å². The van der Waals surface area contributed by atoms with Gasteiger partial charge in [-0.25, -0.2) is 0 Å². The van der Waals surface area contributed by atoms with Crippen molar-refractivity contribution in [2.45, 2.75) is 297 Å². The second-order valence-corrected chi connectivity index (χ2v) is 22.0. The van der Waals surface area contributed by atoms with Crippen LogP contribution < -0.4 is 0 Å². The molecule has 1 atom stereocenters. The Morgan fingerprint density at radius 2 is 0.470 bits per heavy atom. The molecular weight excluding hydrogens is 1020 g/mol. The zero-order chi connectivity index (χ0) is 59.9. The van der Waals surface area contributed by atoms with Gasteiger partial charge in [-0.05, 0) is 154 Å². The summed E-state index contributed by atoms with van der Waals surface area (Å²) in [5, 5.41) is 0. The van der Waals surface area contributed by atoms with Gasteiger partial charge < -0.3 is 14.2 Å². The van der Waals surface area contributed by atoms with Gasteiger partial charge in [-0.2, -0.15) is 0 Å². The van der Waals surface area contributed by atoms with Crippen LogP contribution in [0.3, 0.4) is 0 Å². The molecule has 0 bridgehead atoms. The number of esters is 3. The van der Waals surface area contributed by atoms with Gasteiger partial charge in [0.05, 0.1) is 0 Å². The fourth-order valence-corrected chi connectivity index (χ4v) is 8.91. The van der Waals surface area contributed by atoms with Crippen molar-refractivity contribution >= 4 is 17.9 Å². The fourth-order valence-electron chi connectivity index (χ4n) is 8.91. The van der Waals surface area contributed by atoms with Crippen LogP contribution >= 0.6 is 0 Å². The Labute approximate surface area is 511 Å². The number of hydrogen-bond acceptors (Lipinski definition) is 6. The van der Waals surface area contributed by atoms with Crippen LogP contribution in [0.4, 0.5) is 0 Å². The average molecular weight is 1150 g/mol. The van der Waals surface area contributed by atoms with E-state index >= 15 is 0 Å². The molecule has 6 heteroatoms. The lowest BCUT2D eigenvalue weighted by Gasteiger charge is -2.18. The zero-order valence-corrected chi connectivity index (χ0v) is 53.7. The molecule has 0 fully saturated rings. The second kappa shape index (κ2) is 69.5. The van der Waals surface area contributed by atoms with Crippen LogP contribution in [-0.2, 0) is 28.6 Å². The average Bonchev–Trinajstić information content (AvgIpc) is 3.49. The van der Waals surface area contributed by atoms with E-state index in [4.69, 9.17) is 14.2 Å². The van der Waals surface area contributed by atoms with E-state index in [0.717, 1.165) is 141 Å². The topological polar surface area (TPSA) is 78.9 Å². The summed E-state index contributed by atoms with van der Waals surface area (Å²) in [5.74, 6) is -0.972. The largest absolute Gasteiger partial charge is 0.462 e. The molecule has 0 aliphatic rings. The lowest BCUT2D eigenvalue weighted by molar-refractivity contribution is -0.167. The second-order valence-electron chi connectivity index (χ2n) is 22.0. The van der Waals surface area contributed by atoms with Crippen LogP contribution in [-0.4, -0.2) is 37.2 Å². The van der Waals surface area contributed by atoms with Crippen molar-refractivity contribution in [3.05, 3.63) is 158 Å². The molecule has 0 amide bonds. The standard InChI is InChI=1S/C77H124O6/c1-4-7-10-13-16-19-22-25-28-31-33-35-36-37-38-39-40-42-43-46-49-52-55-58-61-64-67-70-76(79)82-73-74(72-81-75(78)69-66-63-60-57-54-51-48-45-30-27-24-21-18-15-12-9-6-3)83-77(80)71-68-65-62-59-56-53-50-47-44-41-34-32-29-26-23-20-17-14-11-8-5-2/h7,10,16,18-19,21,23,25-28,30,32-35,37-38,40,42,44,46-47,49,55,58,74H,4-6,8-9,11-15,17,20,22,24,29,31,36,39,41,43,45,48,50-54,56-57,59-73H2,1-3H3/b10-7-,19-16-,21-18-,26-23-,28-25-,30-27-,34-32-,35-33-,38-37-,42-40-,47-44-,49-46-,58-55-. The Bertz CT molecular complexity index is 1840. The highest BCUT2D eigenvalue weighted by molar-refractivity contribution is 5.71. The van der Waals surface area contributed by atoms with E-state index in [9.17, 15) is 14.4 Å². The zero-order valence-electron chi connectivity index (χ0n) is 53.7. The van der Waals surface area contributed by atoms with Crippen molar-refractivity contribution in [2.24, 2.45) is 0 Å². The van der Waals surface area contributed by atoms with Gasteiger partial charge in [-0.3, -0.25) is 14.4 Å². The molecular formula is C77H124O6. The van der Waals surface area contributed by atoms with Crippen LogP contribution in [0.25, 0.3) is 0 Å². The number of carbonyl (C=O) groups is 3. The summed E-state index contributed by atoms with van der Waals surface area (Å²) in [6.45, 7) is 6.44. The molecule has 0 saturated carbocycles. The Hall–Kier alpha value is -4.97. The maximum Gasteiger partial charge on any atom is 0.306 e. The highest BCUT2D eigenvalue weighted by Crippen LogP contribution is 2.14. The minimum atomic E-state index is -0.817. The minimum Gasteiger partial charge on any atom is -0.462 e. The molecule has 0 aromatic carbocycles. The van der Waals surface area contributed by atoms with Gasteiger partial charge >= 0.3 is 17.9 Å². The molecule has 0 aliphatic carbocycles. The molecule has 0 heterocycles. The molecule has 0 saturated heterocycles. The molecule has 0 aromatic rings. The number of hydrogen-bond donors (Lipinski definition) is 0. The SMILES string of the molecule is CC/C=C\C/C=C\C/C=C\C/C=C\C/C=C\C/C=C\C/C=C\C/C=C\CCCCC(=O)OCC(COC(=O)CCCCCCCCC/C=C\C/C=C\CCCCC)OC(=O)CCCCCCCC/C=C\C/C=C\C/C=C\CCCCCCC. The third-order valence-corrected chi connectivity index (χ3v) is 14.0. The first-order chi connectivity index (χ1) is 41.0. The van der Waals surface area contributed by atoms with Crippen LogP contribution in [0, 0.1) is 0 Å². The number of rotatable bonds is 60. The lowest BCUT2D eigenvalue weighted by atomic mass is 10.1. The van der Waals surface area contributed by atoms with Gasteiger partial charge in [0.2, 0.25) is 0 Å². The van der Waals surface area contributed by atoms with Crippen LogP contribution in [0.2, 0.25) is 0 Å². The first-order valence-corrected chi connectivity index (χ1v) is 34.0. The van der Waals surface area contributed by atoms with Crippen LogP contribution in [0.1, 0.15) is 290 Å². The summed E-state index contributed by atoms with van der Waals surface area (Å²) in [7, 11) is 0. The first kappa shape index (κ1) is 78.0. The maximum atomic E-state index is 12.9. The number of allylic oxidation sites excluding steroid dienone is 26. The van der Waals surface area contributed by atoms with E-state index in [2.05, 4.69) is 179 Å². The number of carbonyl (C=O) groups excluding carboxylic acids is 3. The third kappa shape index (κ3) is 67.7. The number of ether oxygens (including phenoxy) is 3. The predicted molar refractivity (Wildman–Crippen MR) is 362 cm³/mol. The van der Waals surface area contributed by atoms with Gasteiger partial charge in [0, 0.05) is 19.3 Å².